The zero-order valence-corrected chi connectivity index (χ0v) is 6.09. The molecule has 0 bridgehead atoms. The number of hydrogen-bond donors (Lipinski definition) is 0. The minimum absolute atomic E-state index is 0. The van der Waals surface area contributed by atoms with Gasteiger partial charge in [0.1, 0.15) is 0 Å². The normalized spacial score (nSPS) is 16.7. The number of nitrogens with zero attached hydrogens (tertiary/aromatic N) is 1. The molecule has 0 unspecified atom stereocenters. The summed E-state index contributed by atoms with van der Waals surface area (Å²) >= 11 is 0. The lowest BCUT2D eigenvalue weighted by molar-refractivity contribution is -0.293. The molecule has 72 valence electrons. The van der Waals surface area contributed by atoms with Gasteiger partial charge in [-0.25, -0.2) is 16.3 Å². The molecule has 1 saturated carbocycles. The van der Waals surface area contributed by atoms with Crippen LogP contribution in [-0.2, 0) is 9.78 Å². The Hall–Kier alpha value is -0.590. The Balaban J connectivity index is 0. The van der Waals surface area contributed by atoms with Crippen LogP contribution in [0, 0.1) is 6.57 Å². The van der Waals surface area contributed by atoms with E-state index in [0.29, 0.717) is 13.2 Å². The van der Waals surface area contributed by atoms with Crippen LogP contribution in [0.5, 0.6) is 0 Å². The van der Waals surface area contributed by atoms with Crippen LogP contribution in [0.3, 0.4) is 0 Å². The summed E-state index contributed by atoms with van der Waals surface area (Å²) in [7, 11) is 0. The fraction of sp³-hybridized carbons (Fsp3) is 0.889. The molecule has 0 aromatic heterocycles. The molecule has 0 saturated heterocycles. The van der Waals surface area contributed by atoms with Crippen LogP contribution in [0.2, 0.25) is 0 Å². The molecule has 1 fully saturated rings. The van der Waals surface area contributed by atoms with Crippen molar-refractivity contribution in [2.24, 2.45) is 0 Å². The Morgan fingerprint density at radius 2 is 1.92 bits per heavy atom. The van der Waals surface area contributed by atoms with E-state index < -0.39 is 0 Å². The van der Waals surface area contributed by atoms with Crippen LogP contribution in [0.1, 0.15) is 34.6 Å². The molecule has 12 heavy (non-hydrogen) atoms. The van der Waals surface area contributed by atoms with Gasteiger partial charge < -0.3 is 4.85 Å². The fourth-order valence-electron chi connectivity index (χ4n) is 0.667. The van der Waals surface area contributed by atoms with Crippen molar-refractivity contribution in [1.82, 2.24) is 0 Å². The van der Waals surface area contributed by atoms with Gasteiger partial charge in [-0.05, 0) is 6.92 Å². The summed E-state index contributed by atoms with van der Waals surface area (Å²) in [6, 6.07) is 0. The molecule has 0 spiro atoms. The van der Waals surface area contributed by atoms with Crippen molar-refractivity contribution in [1.29, 1.82) is 0 Å². The Morgan fingerprint density at radius 3 is 2.25 bits per heavy atom. The van der Waals surface area contributed by atoms with Crippen molar-refractivity contribution in [3.63, 3.8) is 0 Å². The van der Waals surface area contributed by atoms with E-state index in [1.54, 1.807) is 0 Å². The second-order valence-electron chi connectivity index (χ2n) is 2.50. The zero-order valence-electron chi connectivity index (χ0n) is 6.09. The minimum atomic E-state index is -0.213. The van der Waals surface area contributed by atoms with Crippen LogP contribution in [0.25, 0.3) is 4.85 Å². The van der Waals surface area contributed by atoms with E-state index in [4.69, 9.17) is 11.5 Å². The lowest BCUT2D eigenvalue weighted by Gasteiger charge is -2.01. The smallest absolute Gasteiger partial charge is 0.259 e. The molecule has 1 rings (SSSR count). The SMILES string of the molecule is C.C.[C-]#[N+]C1(COOCC)CC1. The third-order valence-corrected chi connectivity index (χ3v) is 1.59. The molecule has 0 aromatic rings. The molecule has 0 amide bonds. The van der Waals surface area contributed by atoms with E-state index in [0.717, 1.165) is 12.8 Å². The van der Waals surface area contributed by atoms with Gasteiger partial charge in [-0.3, -0.25) is 0 Å². The number of rotatable bonds is 4. The average molecular weight is 173 g/mol. The van der Waals surface area contributed by atoms with E-state index in [9.17, 15) is 0 Å². The van der Waals surface area contributed by atoms with Gasteiger partial charge in [-0.2, -0.15) is 0 Å². The van der Waals surface area contributed by atoms with E-state index in [1.807, 2.05) is 6.92 Å². The monoisotopic (exact) mass is 173 g/mol. The molecule has 0 heterocycles. The van der Waals surface area contributed by atoms with Crippen molar-refractivity contribution < 1.29 is 9.78 Å². The highest BCUT2D eigenvalue weighted by Gasteiger charge is 2.51. The summed E-state index contributed by atoms with van der Waals surface area (Å²) in [6.07, 6.45) is 1.92. The molecule has 3 heteroatoms. The Kier molecular flexibility index (Phi) is 6.96. The molecule has 1 aliphatic carbocycles. The summed E-state index contributed by atoms with van der Waals surface area (Å²) in [4.78, 5) is 12.9. The van der Waals surface area contributed by atoms with E-state index in [1.165, 1.54) is 0 Å². The first-order chi connectivity index (χ1) is 4.83. The van der Waals surface area contributed by atoms with Crippen molar-refractivity contribution in [2.75, 3.05) is 13.2 Å². The molecule has 0 N–H and O–H groups in total. The minimum Gasteiger partial charge on any atom is -0.308 e. The van der Waals surface area contributed by atoms with Crippen LogP contribution in [0.15, 0.2) is 0 Å². The maximum absolute atomic E-state index is 6.79. The van der Waals surface area contributed by atoms with Crippen molar-refractivity contribution in [3.8, 4) is 0 Å². The second-order valence-corrected chi connectivity index (χ2v) is 2.50. The zero-order chi connectivity index (χ0) is 7.45. The third-order valence-electron chi connectivity index (χ3n) is 1.59. The van der Waals surface area contributed by atoms with Gasteiger partial charge >= 0.3 is 0 Å². The van der Waals surface area contributed by atoms with Crippen molar-refractivity contribution >= 4 is 0 Å². The standard InChI is InChI=1S/C7H11NO2.2CH4/c1-3-9-10-6-7(8-2)4-5-7;;/h3-6H2,1H3;2*1H4. The van der Waals surface area contributed by atoms with E-state index in [-0.39, 0.29) is 20.4 Å². The van der Waals surface area contributed by atoms with E-state index >= 15 is 0 Å². The first-order valence-electron chi connectivity index (χ1n) is 3.46. The van der Waals surface area contributed by atoms with Gasteiger partial charge in [0.2, 0.25) is 0 Å². The molecule has 0 aromatic carbocycles. The molecule has 1 aliphatic rings. The molecule has 3 nitrogen and oxygen atoms in total. The molecule has 0 radical (unpaired) electrons. The molecular formula is C9H19NO2. The Labute approximate surface area is 75.4 Å². The molecular weight excluding hydrogens is 154 g/mol. The first-order valence-corrected chi connectivity index (χ1v) is 3.46. The largest absolute Gasteiger partial charge is 0.308 e. The van der Waals surface area contributed by atoms with Crippen LogP contribution in [-0.4, -0.2) is 18.8 Å². The average Bonchev–Trinajstić information content (AvgIpc) is 2.70. The predicted octanol–water partition coefficient (Wildman–Crippen LogP) is 2.68. The lowest BCUT2D eigenvalue weighted by atomic mass is 10.3. The van der Waals surface area contributed by atoms with Crippen molar-refractivity contribution in [2.45, 2.75) is 40.2 Å². The van der Waals surface area contributed by atoms with Crippen molar-refractivity contribution in [3.05, 3.63) is 11.4 Å². The summed E-state index contributed by atoms with van der Waals surface area (Å²) in [6.45, 7) is 9.64. The van der Waals surface area contributed by atoms with Gasteiger partial charge in [-0.1, -0.05) is 14.9 Å². The van der Waals surface area contributed by atoms with Crippen LogP contribution >= 0.6 is 0 Å². The summed E-state index contributed by atoms with van der Waals surface area (Å²) in [5.41, 5.74) is -0.213. The van der Waals surface area contributed by atoms with Gasteiger partial charge in [0.25, 0.3) is 5.54 Å². The Bertz CT molecular complexity index is 147. The van der Waals surface area contributed by atoms with Crippen LogP contribution < -0.4 is 0 Å². The summed E-state index contributed by atoms with van der Waals surface area (Å²) in [5.74, 6) is 0. The highest BCUT2D eigenvalue weighted by Crippen LogP contribution is 2.39. The third kappa shape index (κ3) is 3.70. The Morgan fingerprint density at radius 1 is 1.33 bits per heavy atom. The predicted molar refractivity (Wildman–Crippen MR) is 49.6 cm³/mol. The fourth-order valence-corrected chi connectivity index (χ4v) is 0.667. The lowest BCUT2D eigenvalue weighted by Crippen LogP contribution is -2.12. The first kappa shape index (κ1) is 14.0. The van der Waals surface area contributed by atoms with Gasteiger partial charge in [0.15, 0.2) is 6.61 Å². The highest BCUT2D eigenvalue weighted by molar-refractivity contribution is 5.10. The maximum atomic E-state index is 6.79. The maximum Gasteiger partial charge on any atom is 0.259 e. The van der Waals surface area contributed by atoms with Gasteiger partial charge in [0, 0.05) is 12.8 Å². The van der Waals surface area contributed by atoms with E-state index in [2.05, 4.69) is 9.73 Å². The summed E-state index contributed by atoms with van der Waals surface area (Å²) in [5, 5.41) is 0. The quantitative estimate of drug-likeness (QED) is 0.282. The molecule has 0 aliphatic heterocycles. The van der Waals surface area contributed by atoms with Crippen LogP contribution in [0.4, 0.5) is 0 Å². The summed E-state index contributed by atoms with van der Waals surface area (Å²) < 4.78 is 0. The highest BCUT2D eigenvalue weighted by atomic mass is 17.2. The topological polar surface area (TPSA) is 22.8 Å². The second kappa shape index (κ2) is 5.99. The van der Waals surface area contributed by atoms with Gasteiger partial charge in [0.05, 0.1) is 6.61 Å². The molecule has 0 atom stereocenters. The number of hydrogen-bond acceptors (Lipinski definition) is 2. The van der Waals surface area contributed by atoms with Gasteiger partial charge in [-0.15, -0.1) is 0 Å².